The van der Waals surface area contributed by atoms with Crippen LogP contribution in [-0.4, -0.2) is 26.2 Å². The molecule has 0 aromatic rings. The summed E-state index contributed by atoms with van der Waals surface area (Å²) in [5.74, 6) is 0. The maximum absolute atomic E-state index is 10.0. The normalized spacial score (nSPS) is 7.67. The van der Waals surface area contributed by atoms with Gasteiger partial charge in [-0.25, -0.2) is 0 Å². The Hall–Kier alpha value is -1.39. The lowest BCUT2D eigenvalue weighted by Crippen LogP contribution is -2.09. The van der Waals surface area contributed by atoms with Gasteiger partial charge in [-0.1, -0.05) is 0 Å². The van der Waals surface area contributed by atoms with Gasteiger partial charge in [0.2, 0.25) is 0 Å². The fourth-order valence-corrected chi connectivity index (χ4v) is 0.139. The lowest BCUT2D eigenvalue weighted by atomic mass is 11.2. The van der Waals surface area contributed by atoms with Crippen LogP contribution in [0.1, 0.15) is 0 Å². The minimum atomic E-state index is -1.19. The second-order valence-corrected chi connectivity index (χ2v) is 0.951. The standard InChI is InChI=1S/C4H5O5/c1-7-3(5)9-4(6)8-2/h1H2,2H3/q+1. The molecule has 0 aromatic carbocycles. The van der Waals surface area contributed by atoms with Crippen molar-refractivity contribution in [2.75, 3.05) is 7.11 Å². The lowest BCUT2D eigenvalue weighted by molar-refractivity contribution is -0.353. The Morgan fingerprint density at radius 3 is 2.44 bits per heavy atom. The topological polar surface area (TPSA) is 63.9 Å². The van der Waals surface area contributed by atoms with Gasteiger partial charge in [0.15, 0.2) is 0 Å². The Morgan fingerprint density at radius 1 is 1.56 bits per heavy atom. The van der Waals surface area contributed by atoms with Crippen molar-refractivity contribution in [2.45, 2.75) is 0 Å². The van der Waals surface area contributed by atoms with Crippen LogP contribution in [0.5, 0.6) is 0 Å². The Balaban J connectivity index is 3.59. The van der Waals surface area contributed by atoms with Crippen molar-refractivity contribution >= 4 is 19.1 Å². The van der Waals surface area contributed by atoms with Crippen LogP contribution in [0.4, 0.5) is 9.59 Å². The molecule has 0 aromatic heterocycles. The fraction of sp³-hybridized carbons (Fsp3) is 0.250. The minimum Gasteiger partial charge on any atom is -0.422 e. The van der Waals surface area contributed by atoms with E-state index in [1.165, 1.54) is 0 Å². The minimum absolute atomic E-state index is 1.07. The summed E-state index contributed by atoms with van der Waals surface area (Å²) in [6.07, 6.45) is -2.31. The van der Waals surface area contributed by atoms with E-state index in [0.717, 1.165) is 7.11 Å². The molecule has 0 aliphatic carbocycles. The van der Waals surface area contributed by atoms with Crippen LogP contribution in [0.25, 0.3) is 0 Å². The van der Waals surface area contributed by atoms with Crippen molar-refractivity contribution in [1.29, 1.82) is 0 Å². The zero-order valence-corrected chi connectivity index (χ0v) is 4.75. The quantitative estimate of drug-likeness (QED) is 0.270. The van der Waals surface area contributed by atoms with Crippen LogP contribution in [0.2, 0.25) is 0 Å². The highest BCUT2D eigenvalue weighted by molar-refractivity contribution is 5.75. The van der Waals surface area contributed by atoms with E-state index in [0.29, 0.717) is 0 Å². The number of ether oxygens (including phenoxy) is 2. The Kier molecular flexibility index (Phi) is 3.04. The van der Waals surface area contributed by atoms with Crippen molar-refractivity contribution in [3.8, 4) is 0 Å². The Bertz CT molecular complexity index is 138. The van der Waals surface area contributed by atoms with E-state index in [9.17, 15) is 9.59 Å². The van der Waals surface area contributed by atoms with E-state index < -0.39 is 12.3 Å². The predicted octanol–water partition coefficient (Wildman–Crippen LogP) is 0.254. The zero-order valence-electron chi connectivity index (χ0n) is 4.75. The summed E-state index contributed by atoms with van der Waals surface area (Å²) >= 11 is 0. The van der Waals surface area contributed by atoms with E-state index >= 15 is 0 Å². The van der Waals surface area contributed by atoms with Gasteiger partial charge in [0.25, 0.3) is 0 Å². The first-order valence-corrected chi connectivity index (χ1v) is 1.92. The highest BCUT2D eigenvalue weighted by Crippen LogP contribution is 1.82. The molecule has 0 unspecified atom stereocenters. The second-order valence-electron chi connectivity index (χ2n) is 0.951. The highest BCUT2D eigenvalue weighted by Gasteiger charge is 2.21. The van der Waals surface area contributed by atoms with Crippen molar-refractivity contribution in [1.82, 2.24) is 0 Å². The number of hydrogen-bond donors (Lipinski definition) is 0. The lowest BCUT2D eigenvalue weighted by Gasteiger charge is -1.83. The number of carbonyl (C=O) groups excluding carboxylic acids is 3. The van der Waals surface area contributed by atoms with Gasteiger partial charge in [-0.2, -0.15) is 9.53 Å². The van der Waals surface area contributed by atoms with Crippen LogP contribution in [0.15, 0.2) is 0 Å². The van der Waals surface area contributed by atoms with Crippen LogP contribution in [0, 0.1) is 0 Å². The van der Waals surface area contributed by atoms with E-state index in [4.69, 9.17) is 0 Å². The molecule has 0 heterocycles. The van der Waals surface area contributed by atoms with Crippen molar-refractivity contribution < 1.29 is 23.5 Å². The first-order valence-electron chi connectivity index (χ1n) is 1.92. The number of carbonyl (C=O) groups is 2. The molecule has 0 radical (unpaired) electrons. The summed E-state index contributed by atoms with van der Waals surface area (Å²) in [7, 11) is 1.07. The van der Waals surface area contributed by atoms with Gasteiger partial charge in [-0.15, -0.1) is 0 Å². The zero-order chi connectivity index (χ0) is 7.28. The molecular weight excluding hydrogens is 128 g/mol. The van der Waals surface area contributed by atoms with Crippen molar-refractivity contribution in [2.24, 2.45) is 0 Å². The van der Waals surface area contributed by atoms with Gasteiger partial charge in [0, 0.05) is 4.79 Å². The summed E-state index contributed by atoms with van der Waals surface area (Å²) in [5.41, 5.74) is 0. The molecule has 50 valence electrons. The molecule has 0 saturated carbocycles. The molecule has 0 saturated heterocycles. The van der Waals surface area contributed by atoms with Crippen LogP contribution in [-0.2, 0) is 13.9 Å². The summed E-state index contributed by atoms with van der Waals surface area (Å²) in [4.78, 5) is 20.0. The maximum Gasteiger partial charge on any atom is 0.794 e. The van der Waals surface area contributed by atoms with E-state index in [1.54, 1.807) is 0 Å². The van der Waals surface area contributed by atoms with Gasteiger partial charge in [-0.05, 0) is 0 Å². The van der Waals surface area contributed by atoms with Crippen molar-refractivity contribution in [3.63, 3.8) is 0 Å². The molecular formula is C4H5O5+. The molecule has 0 amide bonds. The predicted molar refractivity (Wildman–Crippen MR) is 26.0 cm³/mol. The molecule has 0 N–H and O–H groups in total. The third kappa shape index (κ3) is 3.22. The highest BCUT2D eigenvalue weighted by atomic mass is 16.8. The molecule has 0 bridgehead atoms. The van der Waals surface area contributed by atoms with E-state index in [-0.39, 0.29) is 0 Å². The van der Waals surface area contributed by atoms with Crippen LogP contribution >= 0.6 is 0 Å². The summed E-state index contributed by atoms with van der Waals surface area (Å²) in [6.45, 7) is 2.69. The molecule has 5 heteroatoms. The average Bonchev–Trinajstić information content (AvgIpc) is 1.87. The molecule has 0 aliphatic heterocycles. The van der Waals surface area contributed by atoms with E-state index in [1.807, 2.05) is 0 Å². The maximum atomic E-state index is 10.0. The third-order valence-corrected chi connectivity index (χ3v) is 0.451. The SMILES string of the molecule is C=[O+]C(=O)OC(=O)OC. The molecule has 0 atom stereocenters. The number of methoxy groups -OCH3 is 1. The number of hydrogen-bond acceptors (Lipinski definition) is 4. The van der Waals surface area contributed by atoms with Gasteiger partial charge in [0.1, 0.15) is 6.79 Å². The first kappa shape index (κ1) is 7.61. The van der Waals surface area contributed by atoms with Gasteiger partial charge in [-0.3, -0.25) is 4.42 Å². The summed E-state index contributed by atoms with van der Waals surface area (Å²) < 4.78 is 11.4. The smallest absolute Gasteiger partial charge is 0.422 e. The largest absolute Gasteiger partial charge is 0.794 e. The van der Waals surface area contributed by atoms with Crippen LogP contribution < -0.4 is 0 Å². The first-order chi connectivity index (χ1) is 4.20. The molecule has 0 aliphatic rings. The number of rotatable bonds is 0. The van der Waals surface area contributed by atoms with Gasteiger partial charge < -0.3 is 4.74 Å². The molecule has 0 fully saturated rings. The van der Waals surface area contributed by atoms with E-state index in [2.05, 4.69) is 20.7 Å². The van der Waals surface area contributed by atoms with Crippen molar-refractivity contribution in [3.05, 3.63) is 0 Å². The Labute approximate surface area is 50.9 Å². The summed E-state index contributed by atoms with van der Waals surface area (Å²) in [6, 6.07) is 0. The average molecular weight is 133 g/mol. The Morgan fingerprint density at radius 2 is 2.11 bits per heavy atom. The molecule has 5 nitrogen and oxygen atoms in total. The van der Waals surface area contributed by atoms with Crippen LogP contribution in [0.3, 0.4) is 0 Å². The molecule has 0 spiro atoms. The fourth-order valence-electron chi connectivity index (χ4n) is 0.139. The van der Waals surface area contributed by atoms with Gasteiger partial charge >= 0.3 is 12.3 Å². The monoisotopic (exact) mass is 133 g/mol. The molecule has 0 rings (SSSR count). The third-order valence-electron chi connectivity index (χ3n) is 0.451. The second kappa shape index (κ2) is 3.59. The summed E-state index contributed by atoms with van der Waals surface area (Å²) in [5, 5.41) is 0. The molecule has 9 heavy (non-hydrogen) atoms. The van der Waals surface area contributed by atoms with Gasteiger partial charge in [0.05, 0.1) is 7.11 Å².